The molecule has 1 aromatic rings. The van der Waals surface area contributed by atoms with Crippen molar-refractivity contribution in [1.29, 1.82) is 0 Å². The highest BCUT2D eigenvalue weighted by atomic mass is 32.3. The van der Waals surface area contributed by atoms with Crippen LogP contribution in [-0.2, 0) is 29.7 Å². The van der Waals surface area contributed by atoms with Gasteiger partial charge >= 0.3 is 0 Å². The smallest absolute Gasteiger partial charge is 0.211 e. The van der Waals surface area contributed by atoms with Crippen LogP contribution >= 0.6 is 0 Å². The zero-order valence-electron chi connectivity index (χ0n) is 9.22. The van der Waals surface area contributed by atoms with Crippen LogP contribution in [0, 0.1) is 0 Å². The molecule has 3 nitrogen and oxygen atoms in total. The van der Waals surface area contributed by atoms with Gasteiger partial charge in [0.25, 0.3) is 0 Å². The van der Waals surface area contributed by atoms with Crippen molar-refractivity contribution in [3.8, 4) is 0 Å². The van der Waals surface area contributed by atoms with Gasteiger partial charge in [0.15, 0.2) is 9.84 Å². The zero-order valence-corrected chi connectivity index (χ0v) is 10.9. The number of benzene rings is 1. The van der Waals surface area contributed by atoms with E-state index >= 15 is 0 Å². The molecule has 0 saturated heterocycles. The number of rotatable bonds is 4. The molecule has 0 unspecified atom stereocenters. The minimum absolute atomic E-state index is 0. The normalized spacial score (nSPS) is 11.9. The third-order valence-corrected chi connectivity index (χ3v) is 6.17. The van der Waals surface area contributed by atoms with Gasteiger partial charge < -0.3 is 4.70 Å². The summed E-state index contributed by atoms with van der Waals surface area (Å²) < 4.78 is 34.7. The maximum atomic E-state index is 11.6. The molecule has 0 fully saturated rings. The Morgan fingerprint density at radius 2 is 1.62 bits per heavy atom. The highest BCUT2D eigenvalue weighted by Crippen LogP contribution is 2.09. The second kappa shape index (κ2) is 5.54. The SMILES string of the molecule is C[S+](C)(=O)CS(=O)(=O)Cc1ccccc1.[F-]. The summed E-state index contributed by atoms with van der Waals surface area (Å²) in [6.07, 6.45) is 2.94. The van der Waals surface area contributed by atoms with Crippen molar-refractivity contribution in [3.05, 3.63) is 35.9 Å². The summed E-state index contributed by atoms with van der Waals surface area (Å²) in [5.74, 6) is -0.0352. The summed E-state index contributed by atoms with van der Waals surface area (Å²) in [5, 5.41) is -0.241. The first kappa shape index (κ1) is 15.2. The maximum Gasteiger partial charge on any atom is 0.211 e. The van der Waals surface area contributed by atoms with E-state index < -0.39 is 19.8 Å². The minimum atomic E-state index is -3.27. The van der Waals surface area contributed by atoms with Crippen molar-refractivity contribution < 1.29 is 17.3 Å². The molecule has 0 aliphatic heterocycles. The van der Waals surface area contributed by atoms with E-state index in [0.717, 1.165) is 5.56 Å². The summed E-state index contributed by atoms with van der Waals surface area (Å²) in [6, 6.07) is 8.92. The van der Waals surface area contributed by atoms with Crippen LogP contribution in [0.5, 0.6) is 0 Å². The Balaban J connectivity index is 0.00000225. The molecule has 0 N–H and O–H groups in total. The van der Waals surface area contributed by atoms with Crippen molar-refractivity contribution in [2.75, 3.05) is 17.6 Å². The van der Waals surface area contributed by atoms with Crippen molar-refractivity contribution in [2.45, 2.75) is 5.75 Å². The van der Waals surface area contributed by atoms with E-state index in [4.69, 9.17) is 0 Å². The molecule has 0 amide bonds. The van der Waals surface area contributed by atoms with Gasteiger partial charge in [0, 0.05) is 0 Å². The third-order valence-electron chi connectivity index (χ3n) is 1.69. The fourth-order valence-corrected chi connectivity index (χ4v) is 5.80. The molecule has 6 heteroatoms. The zero-order chi connectivity index (χ0) is 11.5. The van der Waals surface area contributed by atoms with E-state index in [0.29, 0.717) is 0 Å². The number of sulfone groups is 1. The molecular weight excluding hydrogens is 251 g/mol. The van der Waals surface area contributed by atoms with Gasteiger partial charge in [-0.25, -0.2) is 8.42 Å². The van der Waals surface area contributed by atoms with Gasteiger partial charge in [0.2, 0.25) is 5.08 Å². The van der Waals surface area contributed by atoms with Crippen molar-refractivity contribution in [1.82, 2.24) is 0 Å². The molecule has 0 radical (unpaired) electrons. The topological polar surface area (TPSA) is 51.2 Å². The third kappa shape index (κ3) is 5.97. The lowest BCUT2D eigenvalue weighted by molar-refractivity contribution is -0.00000731. The Kier molecular flexibility index (Phi) is 5.28. The Labute approximate surface area is 96.6 Å². The molecule has 0 atom stereocenters. The van der Waals surface area contributed by atoms with E-state index in [1.54, 1.807) is 24.3 Å². The monoisotopic (exact) mass is 266 g/mol. The lowest BCUT2D eigenvalue weighted by Crippen LogP contribution is -3.00. The van der Waals surface area contributed by atoms with Crippen molar-refractivity contribution in [2.24, 2.45) is 0 Å². The van der Waals surface area contributed by atoms with Gasteiger partial charge in [-0.3, -0.25) is 0 Å². The van der Waals surface area contributed by atoms with E-state index in [9.17, 15) is 12.6 Å². The molecule has 0 aliphatic rings. The van der Waals surface area contributed by atoms with Crippen molar-refractivity contribution in [3.63, 3.8) is 0 Å². The van der Waals surface area contributed by atoms with Gasteiger partial charge in [-0.15, -0.1) is 4.21 Å². The summed E-state index contributed by atoms with van der Waals surface area (Å²) >= 11 is 0. The second-order valence-electron chi connectivity index (χ2n) is 3.93. The molecular formula is C10H15FO3S2. The Bertz CT molecular complexity index is 462. The fourth-order valence-electron chi connectivity index (χ4n) is 1.30. The average Bonchev–Trinajstić information content (AvgIpc) is 1.99. The Morgan fingerprint density at radius 1 is 1.12 bits per heavy atom. The van der Waals surface area contributed by atoms with Crippen LogP contribution in [0.4, 0.5) is 0 Å². The average molecular weight is 266 g/mol. The van der Waals surface area contributed by atoms with Gasteiger partial charge in [-0.1, -0.05) is 30.3 Å². The largest absolute Gasteiger partial charge is 1.00 e. The standard InChI is InChI=1S/C10H15O3S2.FH/c1-14(2,11)9-15(12,13)8-10-6-4-3-5-7-10;/h3-7H,8-9H2,1-2H3;1H/q+1;/p-1. The van der Waals surface area contributed by atoms with Crippen LogP contribution in [0.2, 0.25) is 0 Å². The van der Waals surface area contributed by atoms with Gasteiger partial charge in [-0.2, -0.15) is 0 Å². The van der Waals surface area contributed by atoms with Gasteiger partial charge in [0.05, 0.1) is 15.7 Å². The highest BCUT2D eigenvalue weighted by molar-refractivity contribution is 8.13. The first-order chi connectivity index (χ1) is 6.79. The molecule has 0 aliphatic carbocycles. The van der Waals surface area contributed by atoms with E-state index in [-0.39, 0.29) is 15.5 Å². The fraction of sp³-hybridized carbons (Fsp3) is 0.400. The van der Waals surface area contributed by atoms with E-state index in [1.807, 2.05) is 6.07 Å². The molecule has 0 aromatic heterocycles. The lowest BCUT2D eigenvalue weighted by Gasteiger charge is -2.03. The number of halogens is 1. The van der Waals surface area contributed by atoms with Crippen LogP contribution in [0.3, 0.4) is 0 Å². The minimum Gasteiger partial charge on any atom is -1.00 e. The molecule has 0 spiro atoms. The highest BCUT2D eigenvalue weighted by Gasteiger charge is 2.25. The molecule has 0 bridgehead atoms. The van der Waals surface area contributed by atoms with Gasteiger partial charge in [-0.05, 0) is 5.56 Å². The maximum absolute atomic E-state index is 11.6. The van der Waals surface area contributed by atoms with Crippen LogP contribution in [0.1, 0.15) is 5.56 Å². The predicted octanol–water partition coefficient (Wildman–Crippen LogP) is -1.68. The molecule has 0 saturated carbocycles. The van der Waals surface area contributed by atoms with Crippen LogP contribution in [-0.4, -0.2) is 26.0 Å². The number of hydrogen-bond acceptors (Lipinski definition) is 3. The summed E-state index contributed by atoms with van der Waals surface area (Å²) in [4.78, 5) is 0. The summed E-state index contributed by atoms with van der Waals surface area (Å²) in [7, 11) is -5.51. The van der Waals surface area contributed by atoms with Crippen LogP contribution in [0.25, 0.3) is 0 Å². The molecule has 1 aromatic carbocycles. The molecule has 0 heterocycles. The van der Waals surface area contributed by atoms with Crippen LogP contribution < -0.4 is 4.70 Å². The Hall–Kier alpha value is -0.750. The molecule has 1 rings (SSSR count). The Morgan fingerprint density at radius 3 is 2.06 bits per heavy atom. The van der Waals surface area contributed by atoms with Gasteiger partial charge in [0.1, 0.15) is 12.5 Å². The summed E-state index contributed by atoms with van der Waals surface area (Å²) in [5.41, 5.74) is 0.737. The first-order valence-electron chi connectivity index (χ1n) is 4.45. The van der Waals surface area contributed by atoms with E-state index in [1.165, 1.54) is 12.5 Å². The van der Waals surface area contributed by atoms with Crippen molar-refractivity contribution >= 4 is 19.8 Å². The second-order valence-corrected chi connectivity index (χ2v) is 9.52. The number of hydrogen-bond donors (Lipinski definition) is 0. The lowest BCUT2D eigenvalue weighted by atomic mass is 10.2. The first-order valence-corrected chi connectivity index (χ1v) is 8.81. The summed E-state index contributed by atoms with van der Waals surface area (Å²) in [6.45, 7) is 0. The van der Waals surface area contributed by atoms with E-state index in [2.05, 4.69) is 0 Å². The quantitative estimate of drug-likeness (QED) is 0.612. The molecule has 92 valence electrons. The molecule has 16 heavy (non-hydrogen) atoms. The van der Waals surface area contributed by atoms with Crippen LogP contribution in [0.15, 0.2) is 30.3 Å². The predicted molar refractivity (Wildman–Crippen MR) is 63.8 cm³/mol.